The molecule has 0 radical (unpaired) electrons. The summed E-state index contributed by atoms with van der Waals surface area (Å²) >= 11 is 0. The second-order valence-corrected chi connectivity index (χ2v) is 3.46. The molecule has 0 saturated carbocycles. The van der Waals surface area contributed by atoms with Gasteiger partial charge in [0.15, 0.2) is 12.6 Å². The Hall–Kier alpha value is -1.72. The predicted molar refractivity (Wildman–Crippen MR) is 66.3 cm³/mol. The number of aromatic hydroxyl groups is 1. The highest BCUT2D eigenvalue weighted by atomic mass is 16.3. The molecule has 0 aliphatic rings. The molecule has 5 nitrogen and oxygen atoms in total. The molecule has 0 heterocycles. The molecule has 0 aliphatic heterocycles. The number of carbonyl (C=O) groups excluding carboxylic acids is 2. The summed E-state index contributed by atoms with van der Waals surface area (Å²) < 4.78 is 0. The van der Waals surface area contributed by atoms with E-state index < -0.39 is 0 Å². The molecule has 0 aromatic heterocycles. The smallest absolute Gasteiger partial charge is 0.153 e. The number of nitrogens with two attached hydrogens (primary N) is 2. The van der Waals surface area contributed by atoms with Crippen molar-refractivity contribution in [1.82, 2.24) is 0 Å². The lowest BCUT2D eigenvalue weighted by molar-refractivity contribution is 0.112. The minimum atomic E-state index is -0.245. The average Bonchev–Trinajstić information content (AvgIpc) is 2.33. The van der Waals surface area contributed by atoms with E-state index in [1.54, 1.807) is 6.92 Å². The Balaban J connectivity index is 0.000000437. The molecule has 1 aromatic carbocycles. The van der Waals surface area contributed by atoms with Crippen LogP contribution in [0.1, 0.15) is 32.7 Å². The summed E-state index contributed by atoms with van der Waals surface area (Å²) in [6.07, 6.45) is 1.99. The third kappa shape index (κ3) is 5.24. The number of phenolic OH excluding ortho intramolecular Hbond substituents is 1. The van der Waals surface area contributed by atoms with Crippen molar-refractivity contribution < 1.29 is 14.7 Å². The maximum Gasteiger partial charge on any atom is 0.153 e. The van der Waals surface area contributed by atoms with E-state index in [1.165, 1.54) is 12.1 Å². The van der Waals surface area contributed by atoms with Crippen molar-refractivity contribution in [1.29, 1.82) is 0 Å². The summed E-state index contributed by atoms with van der Waals surface area (Å²) in [5.74, 6) is -0.245. The molecule has 1 aromatic rings. The Labute approximate surface area is 100 Å². The Morgan fingerprint density at radius 2 is 1.53 bits per heavy atom. The van der Waals surface area contributed by atoms with Gasteiger partial charge in [-0.3, -0.25) is 9.59 Å². The number of phenols is 1. The number of aryl methyl sites for hydroxylation is 1. The largest absolute Gasteiger partial charge is 0.506 e. The zero-order valence-corrected chi connectivity index (χ0v) is 9.85. The maximum atomic E-state index is 10.4. The monoisotopic (exact) mass is 238 g/mol. The fourth-order valence-electron chi connectivity index (χ4n) is 1.13. The van der Waals surface area contributed by atoms with Crippen LogP contribution < -0.4 is 11.5 Å². The van der Waals surface area contributed by atoms with Gasteiger partial charge in [-0.2, -0.15) is 0 Å². The molecule has 0 aliphatic carbocycles. The predicted octanol–water partition coefficient (Wildman–Crippen LogP) is 0.620. The molecule has 5 heteroatoms. The van der Waals surface area contributed by atoms with Gasteiger partial charge in [0.1, 0.15) is 5.75 Å². The van der Waals surface area contributed by atoms with Gasteiger partial charge in [-0.05, 0) is 44.1 Å². The first kappa shape index (κ1) is 15.3. The normalized spacial score (nSPS) is 9.12. The van der Waals surface area contributed by atoms with Crippen molar-refractivity contribution in [2.24, 2.45) is 11.5 Å². The fourth-order valence-corrected chi connectivity index (χ4v) is 1.13. The van der Waals surface area contributed by atoms with Crippen LogP contribution in [0.4, 0.5) is 0 Å². The van der Waals surface area contributed by atoms with Gasteiger partial charge in [0, 0.05) is 0 Å². The summed E-state index contributed by atoms with van der Waals surface area (Å²) in [5, 5.41) is 9.25. The van der Waals surface area contributed by atoms with E-state index >= 15 is 0 Å². The van der Waals surface area contributed by atoms with Gasteiger partial charge in [-0.15, -0.1) is 0 Å². The molecular formula is C12H18N2O3. The number of aldehydes is 2. The zero-order chi connectivity index (χ0) is 13.3. The van der Waals surface area contributed by atoms with Crippen molar-refractivity contribution in [2.75, 3.05) is 13.1 Å². The van der Waals surface area contributed by atoms with Crippen LogP contribution in [-0.4, -0.2) is 30.8 Å². The van der Waals surface area contributed by atoms with Gasteiger partial charge in [-0.25, -0.2) is 0 Å². The SMILES string of the molecule is Cc1cc(C=O)c(O)c(C=O)c1.NCCCN. The van der Waals surface area contributed by atoms with Crippen LogP contribution in [0.25, 0.3) is 0 Å². The van der Waals surface area contributed by atoms with Crippen LogP contribution in [0.2, 0.25) is 0 Å². The third-order valence-electron chi connectivity index (χ3n) is 1.98. The van der Waals surface area contributed by atoms with E-state index in [4.69, 9.17) is 11.5 Å². The summed E-state index contributed by atoms with van der Waals surface area (Å²) in [4.78, 5) is 20.7. The number of benzene rings is 1. The van der Waals surface area contributed by atoms with Crippen molar-refractivity contribution in [3.63, 3.8) is 0 Å². The van der Waals surface area contributed by atoms with Crippen molar-refractivity contribution in [3.05, 3.63) is 28.8 Å². The van der Waals surface area contributed by atoms with Gasteiger partial charge in [-0.1, -0.05) is 0 Å². The van der Waals surface area contributed by atoms with E-state index in [0.717, 1.165) is 25.1 Å². The quantitative estimate of drug-likeness (QED) is 0.667. The highest BCUT2D eigenvalue weighted by Crippen LogP contribution is 2.21. The van der Waals surface area contributed by atoms with Gasteiger partial charge >= 0.3 is 0 Å². The Bertz CT molecular complexity index is 347. The molecule has 0 fully saturated rings. The second kappa shape index (κ2) is 8.43. The molecule has 5 N–H and O–H groups in total. The summed E-state index contributed by atoms with van der Waals surface area (Å²) in [6.45, 7) is 3.19. The molecule has 0 spiro atoms. The summed E-state index contributed by atoms with van der Waals surface area (Å²) in [5.41, 5.74) is 11.2. The van der Waals surface area contributed by atoms with Crippen LogP contribution in [0.3, 0.4) is 0 Å². The summed E-state index contributed by atoms with van der Waals surface area (Å²) in [6, 6.07) is 3.05. The summed E-state index contributed by atoms with van der Waals surface area (Å²) in [7, 11) is 0. The third-order valence-corrected chi connectivity index (χ3v) is 1.98. The minimum Gasteiger partial charge on any atom is -0.506 e. The van der Waals surface area contributed by atoms with Crippen LogP contribution >= 0.6 is 0 Å². The first-order chi connectivity index (χ1) is 8.10. The van der Waals surface area contributed by atoms with Crippen molar-refractivity contribution in [2.45, 2.75) is 13.3 Å². The highest BCUT2D eigenvalue weighted by molar-refractivity contribution is 5.88. The molecule has 0 bridgehead atoms. The maximum absolute atomic E-state index is 10.4. The van der Waals surface area contributed by atoms with Crippen LogP contribution in [0, 0.1) is 6.92 Å². The Morgan fingerprint density at radius 3 is 1.76 bits per heavy atom. The average molecular weight is 238 g/mol. The van der Waals surface area contributed by atoms with Crippen LogP contribution in [-0.2, 0) is 0 Å². The van der Waals surface area contributed by atoms with Crippen molar-refractivity contribution in [3.8, 4) is 5.75 Å². The number of hydrogen-bond donors (Lipinski definition) is 3. The van der Waals surface area contributed by atoms with E-state index in [1.807, 2.05) is 0 Å². The molecule has 0 saturated heterocycles. The standard InChI is InChI=1S/C9H8O3.C3H10N2/c1-6-2-7(4-10)9(12)8(3-6)5-11;4-2-1-3-5/h2-5,12H,1H3;1-5H2. The van der Waals surface area contributed by atoms with E-state index in [0.29, 0.717) is 12.6 Å². The number of hydrogen-bond acceptors (Lipinski definition) is 5. The molecule has 0 unspecified atom stereocenters. The lowest BCUT2D eigenvalue weighted by atomic mass is 10.1. The first-order valence-electron chi connectivity index (χ1n) is 5.24. The number of rotatable bonds is 4. The topological polar surface area (TPSA) is 106 Å². The molecule has 17 heavy (non-hydrogen) atoms. The van der Waals surface area contributed by atoms with E-state index in [9.17, 15) is 14.7 Å². The Morgan fingerprint density at radius 1 is 1.12 bits per heavy atom. The van der Waals surface area contributed by atoms with Crippen LogP contribution in [0.5, 0.6) is 5.75 Å². The van der Waals surface area contributed by atoms with Gasteiger partial charge in [0.2, 0.25) is 0 Å². The van der Waals surface area contributed by atoms with E-state index in [-0.39, 0.29) is 16.9 Å². The van der Waals surface area contributed by atoms with Crippen LogP contribution in [0.15, 0.2) is 12.1 Å². The van der Waals surface area contributed by atoms with Crippen molar-refractivity contribution >= 4 is 12.6 Å². The molecule has 0 atom stereocenters. The number of carbonyl (C=O) groups is 2. The van der Waals surface area contributed by atoms with Gasteiger partial charge < -0.3 is 16.6 Å². The lowest BCUT2D eigenvalue weighted by Gasteiger charge is -2.01. The van der Waals surface area contributed by atoms with E-state index in [2.05, 4.69) is 0 Å². The molecule has 94 valence electrons. The van der Waals surface area contributed by atoms with Gasteiger partial charge in [0.05, 0.1) is 11.1 Å². The fraction of sp³-hybridized carbons (Fsp3) is 0.333. The van der Waals surface area contributed by atoms with Gasteiger partial charge in [0.25, 0.3) is 0 Å². The lowest BCUT2D eigenvalue weighted by Crippen LogP contribution is -2.06. The molecule has 0 amide bonds. The zero-order valence-electron chi connectivity index (χ0n) is 9.85. The molecular weight excluding hydrogens is 220 g/mol. The minimum absolute atomic E-state index is 0.150. The Kier molecular flexibility index (Phi) is 7.58. The highest BCUT2D eigenvalue weighted by Gasteiger charge is 2.06. The second-order valence-electron chi connectivity index (χ2n) is 3.46. The first-order valence-corrected chi connectivity index (χ1v) is 5.24. The molecule has 1 rings (SSSR count).